The minimum atomic E-state index is -3.43. The van der Waals surface area contributed by atoms with Crippen molar-refractivity contribution < 1.29 is 16.8 Å². The molecule has 3 rings (SSSR count). The van der Waals surface area contributed by atoms with E-state index < -0.39 is 39.9 Å². The molecule has 0 spiro atoms. The van der Waals surface area contributed by atoms with Crippen LogP contribution >= 0.6 is 23.2 Å². The van der Waals surface area contributed by atoms with Crippen molar-refractivity contribution >= 4 is 42.9 Å². The molecule has 98 valence electrons. The summed E-state index contributed by atoms with van der Waals surface area (Å²) >= 11 is 12.2. The van der Waals surface area contributed by atoms with E-state index in [0.29, 0.717) is 12.8 Å². The molecule has 1 aliphatic carbocycles. The maximum atomic E-state index is 11.9. The Morgan fingerprint density at radius 1 is 0.882 bits per heavy atom. The fourth-order valence-electron chi connectivity index (χ4n) is 4.04. The van der Waals surface area contributed by atoms with E-state index in [-0.39, 0.29) is 11.5 Å². The predicted molar refractivity (Wildman–Crippen MR) is 65.6 cm³/mol. The third-order valence-corrected chi connectivity index (χ3v) is 11.0. The molecule has 0 aromatic heterocycles. The maximum absolute atomic E-state index is 11.9. The first-order valence-electron chi connectivity index (χ1n) is 5.39. The van der Waals surface area contributed by atoms with Crippen LogP contribution in [0.5, 0.6) is 0 Å². The molecule has 2 atom stereocenters. The van der Waals surface area contributed by atoms with Crippen LogP contribution in [0.3, 0.4) is 0 Å². The number of halogens is 2. The van der Waals surface area contributed by atoms with Gasteiger partial charge in [0, 0.05) is 10.8 Å². The highest BCUT2D eigenvalue weighted by molar-refractivity contribution is 7.95. The van der Waals surface area contributed by atoms with Crippen molar-refractivity contribution in [2.24, 2.45) is 10.8 Å². The SMILES string of the molecule is O=S1(=O)CC23CCCC2([C@H]1Cl)[C@@H](Cl)S(=O)(=O)C3. The van der Waals surface area contributed by atoms with Crippen LogP contribution in [0.15, 0.2) is 0 Å². The van der Waals surface area contributed by atoms with Crippen LogP contribution in [0.2, 0.25) is 0 Å². The summed E-state index contributed by atoms with van der Waals surface area (Å²) < 4.78 is 45.5. The Morgan fingerprint density at radius 2 is 1.35 bits per heavy atom. The molecule has 1 saturated carbocycles. The Bertz CT molecular complexity index is 538. The molecule has 0 aromatic rings. The van der Waals surface area contributed by atoms with Crippen LogP contribution in [-0.2, 0) is 19.7 Å². The topological polar surface area (TPSA) is 68.3 Å². The monoisotopic (exact) mass is 318 g/mol. The van der Waals surface area contributed by atoms with E-state index in [4.69, 9.17) is 23.2 Å². The molecule has 2 aliphatic heterocycles. The largest absolute Gasteiger partial charge is 0.227 e. The zero-order valence-electron chi connectivity index (χ0n) is 8.90. The molecule has 17 heavy (non-hydrogen) atoms. The van der Waals surface area contributed by atoms with E-state index in [1.807, 2.05) is 0 Å². The van der Waals surface area contributed by atoms with Gasteiger partial charge >= 0.3 is 0 Å². The number of rotatable bonds is 0. The molecular weight excluding hydrogens is 307 g/mol. The van der Waals surface area contributed by atoms with Gasteiger partial charge < -0.3 is 0 Å². The second-order valence-electron chi connectivity index (χ2n) is 5.42. The predicted octanol–water partition coefficient (Wildman–Crippen LogP) is 1.13. The van der Waals surface area contributed by atoms with Gasteiger partial charge in [0.2, 0.25) is 0 Å². The van der Waals surface area contributed by atoms with E-state index in [2.05, 4.69) is 0 Å². The van der Waals surface area contributed by atoms with E-state index in [9.17, 15) is 16.8 Å². The molecule has 2 heterocycles. The molecule has 0 aromatic carbocycles. The standard InChI is InChI=1S/C9H12Cl2O4S2/c10-6-9-3-1-2-8(9,4-16(6,12)13)5-17(14,15)7(9)11/h6-7H,1-5H2/t6-,7-,8?,9?/m0/s1. The molecule has 4 nitrogen and oxygen atoms in total. The summed E-state index contributed by atoms with van der Waals surface area (Å²) in [5.74, 6) is -0.257. The maximum Gasteiger partial charge on any atom is 0.168 e. The Labute approximate surface area is 110 Å². The van der Waals surface area contributed by atoms with Crippen molar-refractivity contribution in [1.82, 2.24) is 0 Å². The van der Waals surface area contributed by atoms with Gasteiger partial charge in [-0.2, -0.15) is 0 Å². The highest BCUT2D eigenvalue weighted by atomic mass is 35.5. The lowest BCUT2D eigenvalue weighted by Crippen LogP contribution is -2.41. The van der Waals surface area contributed by atoms with Crippen LogP contribution < -0.4 is 0 Å². The van der Waals surface area contributed by atoms with Crippen molar-refractivity contribution in [2.45, 2.75) is 28.7 Å². The average molecular weight is 319 g/mol. The molecule has 0 N–H and O–H groups in total. The van der Waals surface area contributed by atoms with Crippen LogP contribution in [0, 0.1) is 10.8 Å². The summed E-state index contributed by atoms with van der Waals surface area (Å²) in [6.07, 6.45) is 1.89. The number of hydrogen-bond donors (Lipinski definition) is 0. The fraction of sp³-hybridized carbons (Fsp3) is 1.00. The highest BCUT2D eigenvalue weighted by Crippen LogP contribution is 2.70. The Hall–Kier alpha value is 0.480. The first-order valence-corrected chi connectivity index (χ1v) is 9.70. The van der Waals surface area contributed by atoms with E-state index in [1.165, 1.54) is 0 Å². The van der Waals surface area contributed by atoms with Crippen molar-refractivity contribution in [3.8, 4) is 0 Å². The highest BCUT2D eigenvalue weighted by Gasteiger charge is 2.77. The number of sulfone groups is 2. The smallest absolute Gasteiger partial charge is 0.168 e. The van der Waals surface area contributed by atoms with Crippen LogP contribution in [0.25, 0.3) is 0 Å². The van der Waals surface area contributed by atoms with Gasteiger partial charge in [-0.1, -0.05) is 6.42 Å². The first-order chi connectivity index (χ1) is 7.68. The Kier molecular flexibility index (Phi) is 2.31. The molecule has 0 unspecified atom stereocenters. The summed E-state index contributed by atoms with van der Waals surface area (Å²) in [5.41, 5.74) is -1.70. The van der Waals surface area contributed by atoms with Crippen molar-refractivity contribution in [1.29, 1.82) is 0 Å². The van der Waals surface area contributed by atoms with E-state index in [0.717, 1.165) is 6.42 Å². The van der Waals surface area contributed by atoms with Gasteiger partial charge in [-0.25, -0.2) is 16.8 Å². The summed E-state index contributed by atoms with van der Waals surface area (Å²) in [7, 11) is -6.86. The summed E-state index contributed by atoms with van der Waals surface area (Å²) in [6, 6.07) is 0. The summed E-state index contributed by atoms with van der Waals surface area (Å²) in [5, 5.41) is 0. The Morgan fingerprint density at radius 3 is 1.76 bits per heavy atom. The third kappa shape index (κ3) is 1.21. The van der Waals surface area contributed by atoms with E-state index >= 15 is 0 Å². The molecule has 2 saturated heterocycles. The van der Waals surface area contributed by atoms with E-state index in [1.54, 1.807) is 0 Å². The quantitative estimate of drug-likeness (QED) is 0.628. The molecular formula is C9H12Cl2O4S2. The van der Waals surface area contributed by atoms with Gasteiger partial charge in [0.15, 0.2) is 19.7 Å². The van der Waals surface area contributed by atoms with Crippen LogP contribution in [-0.4, -0.2) is 37.8 Å². The Balaban J connectivity index is 2.29. The normalized spacial score (nSPS) is 54.5. The zero-order chi connectivity index (χ0) is 12.7. The lowest BCUT2D eigenvalue weighted by molar-refractivity contribution is 0.189. The summed E-state index contributed by atoms with van der Waals surface area (Å²) in [6.45, 7) is 0. The second kappa shape index (κ2) is 3.14. The molecule has 0 radical (unpaired) electrons. The van der Waals surface area contributed by atoms with Crippen molar-refractivity contribution in [2.75, 3.05) is 11.5 Å². The zero-order valence-corrected chi connectivity index (χ0v) is 12.0. The molecule has 8 heteroatoms. The summed E-state index contributed by atoms with van der Waals surface area (Å²) in [4.78, 5) is 0. The van der Waals surface area contributed by atoms with Crippen LogP contribution in [0.4, 0.5) is 0 Å². The van der Waals surface area contributed by atoms with Gasteiger partial charge in [-0.3, -0.25) is 0 Å². The van der Waals surface area contributed by atoms with Gasteiger partial charge in [-0.15, -0.1) is 23.2 Å². The molecule has 3 fully saturated rings. The molecule has 0 bridgehead atoms. The molecule has 0 amide bonds. The van der Waals surface area contributed by atoms with Crippen molar-refractivity contribution in [3.05, 3.63) is 0 Å². The number of hydrogen-bond acceptors (Lipinski definition) is 4. The minimum Gasteiger partial charge on any atom is -0.227 e. The number of alkyl halides is 2. The average Bonchev–Trinajstić information content (AvgIpc) is 2.64. The molecule has 3 aliphatic rings. The third-order valence-electron chi connectivity index (χ3n) is 4.63. The van der Waals surface area contributed by atoms with Gasteiger partial charge in [0.25, 0.3) is 0 Å². The lowest BCUT2D eigenvalue weighted by Gasteiger charge is -2.34. The first kappa shape index (κ1) is 12.5. The van der Waals surface area contributed by atoms with Crippen molar-refractivity contribution in [3.63, 3.8) is 0 Å². The minimum absolute atomic E-state index is 0.128. The van der Waals surface area contributed by atoms with Gasteiger partial charge in [0.05, 0.1) is 11.5 Å². The van der Waals surface area contributed by atoms with Crippen LogP contribution in [0.1, 0.15) is 19.3 Å². The lowest BCUT2D eigenvalue weighted by atomic mass is 9.70. The second-order valence-corrected chi connectivity index (χ2v) is 11.0. The van der Waals surface area contributed by atoms with Gasteiger partial charge in [0.1, 0.15) is 9.42 Å². The van der Waals surface area contributed by atoms with Gasteiger partial charge in [-0.05, 0) is 12.8 Å². The fourth-order valence-corrected chi connectivity index (χ4v) is 10.9.